The van der Waals surface area contributed by atoms with Crippen LogP contribution < -0.4 is 11.1 Å². The summed E-state index contributed by atoms with van der Waals surface area (Å²) in [6, 6.07) is 0. The lowest BCUT2D eigenvalue weighted by Gasteiger charge is -2.10. The fraction of sp³-hybridized carbons (Fsp3) is 0.909. The first kappa shape index (κ1) is 15.6. The number of rotatable bonds is 8. The predicted octanol–water partition coefficient (Wildman–Crippen LogP) is 0.635. The summed E-state index contributed by atoms with van der Waals surface area (Å²) in [5.41, 5.74) is 5.38. The minimum Gasteiger partial charge on any atom is -0.355 e. The van der Waals surface area contributed by atoms with Gasteiger partial charge in [0.15, 0.2) is 0 Å². The Morgan fingerprint density at radius 2 is 1.94 bits per heavy atom. The van der Waals surface area contributed by atoms with Gasteiger partial charge in [-0.3, -0.25) is 9.00 Å². The van der Waals surface area contributed by atoms with Crippen LogP contribution in [0.3, 0.4) is 0 Å². The Morgan fingerprint density at radius 3 is 2.44 bits per heavy atom. The molecule has 3 N–H and O–H groups in total. The number of amides is 1. The van der Waals surface area contributed by atoms with Crippen LogP contribution in [0.2, 0.25) is 0 Å². The lowest BCUT2D eigenvalue weighted by molar-refractivity contribution is -0.118. The summed E-state index contributed by atoms with van der Waals surface area (Å²) in [6.07, 6.45) is 1.66. The van der Waals surface area contributed by atoms with E-state index in [0.29, 0.717) is 25.4 Å². The van der Waals surface area contributed by atoms with Gasteiger partial charge in [-0.25, -0.2) is 0 Å². The summed E-state index contributed by atoms with van der Waals surface area (Å²) in [6.45, 7) is 7.26. The molecular weight excluding hydrogens is 224 g/mol. The highest BCUT2D eigenvalue weighted by atomic mass is 32.2. The van der Waals surface area contributed by atoms with E-state index in [4.69, 9.17) is 5.73 Å². The molecule has 0 radical (unpaired) electrons. The van der Waals surface area contributed by atoms with E-state index in [2.05, 4.69) is 19.2 Å². The third kappa shape index (κ3) is 7.82. The van der Waals surface area contributed by atoms with Gasteiger partial charge >= 0.3 is 0 Å². The van der Waals surface area contributed by atoms with Crippen molar-refractivity contribution >= 4 is 16.7 Å². The minimum atomic E-state index is -1.10. The molecule has 0 aromatic heterocycles. The Balaban J connectivity index is 3.74. The lowest BCUT2D eigenvalue weighted by atomic mass is 10.1. The van der Waals surface area contributed by atoms with Crippen molar-refractivity contribution in [1.29, 1.82) is 0 Å². The second-order valence-corrected chi connectivity index (χ2v) is 6.30. The van der Waals surface area contributed by atoms with E-state index in [1.165, 1.54) is 0 Å². The van der Waals surface area contributed by atoms with Gasteiger partial charge in [-0.1, -0.05) is 20.8 Å². The van der Waals surface area contributed by atoms with Crippen molar-refractivity contribution in [2.24, 2.45) is 11.7 Å². The van der Waals surface area contributed by atoms with Crippen molar-refractivity contribution in [2.45, 2.75) is 38.9 Å². The Kier molecular flexibility index (Phi) is 8.47. The van der Waals surface area contributed by atoms with Gasteiger partial charge in [0.05, 0.1) is 0 Å². The van der Waals surface area contributed by atoms with Crippen LogP contribution in [-0.4, -0.2) is 34.2 Å². The highest BCUT2D eigenvalue weighted by Gasteiger charge is 2.14. The topological polar surface area (TPSA) is 72.2 Å². The largest absolute Gasteiger partial charge is 0.355 e. The van der Waals surface area contributed by atoms with Crippen molar-refractivity contribution < 1.29 is 9.00 Å². The Hall–Kier alpha value is -0.420. The standard InChI is InChI=1S/C11H24N2O2S/c1-9(2)5-7-13-11(14)8-16(15)10(3)4-6-12/h9-10H,4-8,12H2,1-3H3,(H,13,14). The van der Waals surface area contributed by atoms with Gasteiger partial charge in [-0.15, -0.1) is 0 Å². The van der Waals surface area contributed by atoms with E-state index in [9.17, 15) is 9.00 Å². The van der Waals surface area contributed by atoms with Crippen molar-refractivity contribution in [3.05, 3.63) is 0 Å². The Morgan fingerprint density at radius 1 is 1.31 bits per heavy atom. The highest BCUT2D eigenvalue weighted by molar-refractivity contribution is 7.86. The maximum absolute atomic E-state index is 11.6. The van der Waals surface area contributed by atoms with E-state index >= 15 is 0 Å². The first-order valence-electron chi connectivity index (χ1n) is 5.81. The Bertz CT molecular complexity index is 232. The number of nitrogens with two attached hydrogens (primary N) is 1. The molecule has 0 rings (SSSR count). The number of hydrogen-bond donors (Lipinski definition) is 2. The zero-order chi connectivity index (χ0) is 12.6. The molecule has 0 saturated carbocycles. The monoisotopic (exact) mass is 248 g/mol. The van der Waals surface area contributed by atoms with Crippen molar-refractivity contribution in [2.75, 3.05) is 18.8 Å². The molecule has 1 amide bonds. The van der Waals surface area contributed by atoms with Gasteiger partial charge in [-0.05, 0) is 25.3 Å². The summed E-state index contributed by atoms with van der Waals surface area (Å²) < 4.78 is 11.6. The normalized spacial score (nSPS) is 14.8. The SMILES string of the molecule is CC(C)CCNC(=O)CS(=O)C(C)CCN. The lowest BCUT2D eigenvalue weighted by Crippen LogP contribution is -2.32. The van der Waals surface area contributed by atoms with Gasteiger partial charge < -0.3 is 11.1 Å². The molecule has 0 aliphatic heterocycles. The number of carbonyl (C=O) groups is 1. The van der Waals surface area contributed by atoms with Crippen molar-refractivity contribution in [3.8, 4) is 0 Å². The summed E-state index contributed by atoms with van der Waals surface area (Å²) in [5.74, 6) is 0.545. The smallest absolute Gasteiger partial charge is 0.232 e. The molecule has 16 heavy (non-hydrogen) atoms. The van der Waals surface area contributed by atoms with Crippen LogP contribution >= 0.6 is 0 Å². The fourth-order valence-electron chi connectivity index (χ4n) is 1.19. The molecule has 2 atom stereocenters. The third-order valence-corrected chi connectivity index (χ3v) is 4.02. The molecule has 0 aromatic carbocycles. The molecule has 96 valence electrons. The fourth-order valence-corrected chi connectivity index (χ4v) is 2.23. The number of nitrogens with one attached hydrogen (secondary N) is 1. The Labute approximate surface area is 101 Å². The maximum atomic E-state index is 11.6. The molecule has 0 aliphatic carbocycles. The van der Waals surface area contributed by atoms with Crippen LogP contribution in [0, 0.1) is 5.92 Å². The highest BCUT2D eigenvalue weighted by Crippen LogP contribution is 2.00. The second-order valence-electron chi connectivity index (χ2n) is 4.45. The third-order valence-electron chi connectivity index (χ3n) is 2.34. The van der Waals surface area contributed by atoms with Gasteiger partial charge in [0.1, 0.15) is 5.75 Å². The molecule has 4 nitrogen and oxygen atoms in total. The quantitative estimate of drug-likeness (QED) is 0.662. The first-order chi connectivity index (χ1) is 7.47. The first-order valence-corrected chi connectivity index (χ1v) is 7.19. The molecule has 5 heteroatoms. The van der Waals surface area contributed by atoms with Crippen LogP contribution in [0.4, 0.5) is 0 Å². The zero-order valence-corrected chi connectivity index (χ0v) is 11.3. The van der Waals surface area contributed by atoms with E-state index in [1.807, 2.05) is 6.92 Å². The molecule has 0 heterocycles. The summed E-state index contributed by atoms with van der Waals surface area (Å²) in [7, 11) is -1.10. The van der Waals surface area contributed by atoms with Crippen LogP contribution in [-0.2, 0) is 15.6 Å². The van der Waals surface area contributed by atoms with Crippen LogP contribution in [0.5, 0.6) is 0 Å². The molecule has 2 unspecified atom stereocenters. The van der Waals surface area contributed by atoms with Crippen LogP contribution in [0.1, 0.15) is 33.6 Å². The van der Waals surface area contributed by atoms with Crippen molar-refractivity contribution in [1.82, 2.24) is 5.32 Å². The average Bonchev–Trinajstić information content (AvgIpc) is 2.17. The second kappa shape index (κ2) is 8.70. The van der Waals surface area contributed by atoms with E-state index < -0.39 is 10.8 Å². The van der Waals surface area contributed by atoms with Gasteiger partial charge in [0.25, 0.3) is 0 Å². The van der Waals surface area contributed by atoms with Crippen LogP contribution in [0.25, 0.3) is 0 Å². The maximum Gasteiger partial charge on any atom is 0.232 e. The van der Waals surface area contributed by atoms with Crippen molar-refractivity contribution in [3.63, 3.8) is 0 Å². The molecule has 0 aliphatic rings. The molecular formula is C11H24N2O2S. The molecule has 0 saturated heterocycles. The van der Waals surface area contributed by atoms with Crippen LogP contribution in [0.15, 0.2) is 0 Å². The van der Waals surface area contributed by atoms with E-state index in [0.717, 1.165) is 6.42 Å². The van der Waals surface area contributed by atoms with Gasteiger partial charge in [0.2, 0.25) is 5.91 Å². The zero-order valence-electron chi connectivity index (χ0n) is 10.5. The van der Waals surface area contributed by atoms with Gasteiger partial charge in [0, 0.05) is 22.6 Å². The molecule has 0 bridgehead atoms. The number of carbonyl (C=O) groups excluding carboxylic acids is 1. The molecule has 0 spiro atoms. The minimum absolute atomic E-state index is 0.000786. The average molecular weight is 248 g/mol. The van der Waals surface area contributed by atoms with E-state index in [1.54, 1.807) is 0 Å². The summed E-state index contributed by atoms with van der Waals surface area (Å²) in [4.78, 5) is 11.4. The number of hydrogen-bond acceptors (Lipinski definition) is 3. The molecule has 0 aromatic rings. The van der Waals surface area contributed by atoms with E-state index in [-0.39, 0.29) is 16.9 Å². The molecule has 0 fully saturated rings. The predicted molar refractivity (Wildman–Crippen MR) is 68.6 cm³/mol. The van der Waals surface area contributed by atoms with Gasteiger partial charge in [-0.2, -0.15) is 0 Å². The summed E-state index contributed by atoms with van der Waals surface area (Å²) in [5, 5.41) is 2.78. The summed E-state index contributed by atoms with van der Waals surface area (Å²) >= 11 is 0.